The largest absolute Gasteiger partial charge is 0.486 e. The van der Waals surface area contributed by atoms with Gasteiger partial charge >= 0.3 is 6.09 Å². The number of fused-ring (bicyclic) bond motifs is 1. The highest BCUT2D eigenvalue weighted by atomic mass is 35.5. The topological polar surface area (TPSA) is 133 Å². The van der Waals surface area contributed by atoms with E-state index in [0.29, 0.717) is 52.7 Å². The molecule has 5 rings (SSSR count). The lowest BCUT2D eigenvalue weighted by Crippen LogP contribution is -2.36. The molecule has 11 nitrogen and oxygen atoms in total. The number of nitrogens with zero attached hydrogens (tertiary/aromatic N) is 5. The van der Waals surface area contributed by atoms with Crippen LogP contribution in [0.3, 0.4) is 0 Å². The molecule has 1 aliphatic heterocycles. The minimum absolute atomic E-state index is 0.176. The lowest BCUT2D eigenvalue weighted by atomic mass is 9.90. The summed E-state index contributed by atoms with van der Waals surface area (Å²) in [6.07, 6.45) is 3.28. The number of hydrogen-bond donors (Lipinski definition) is 1. The molecule has 0 saturated carbocycles. The molecule has 0 radical (unpaired) electrons. The van der Waals surface area contributed by atoms with E-state index in [4.69, 9.17) is 21.1 Å². The number of nitrogens with one attached hydrogen (secondary N) is 1. The van der Waals surface area contributed by atoms with Crippen LogP contribution in [0.25, 0.3) is 10.9 Å². The van der Waals surface area contributed by atoms with Crippen LogP contribution in [0.5, 0.6) is 5.75 Å². The number of pyridine rings is 1. The van der Waals surface area contributed by atoms with Gasteiger partial charge in [0.1, 0.15) is 35.7 Å². The second-order valence-corrected chi connectivity index (χ2v) is 12.1. The maximum atomic E-state index is 12.5. The molecule has 0 spiro atoms. The van der Waals surface area contributed by atoms with E-state index in [2.05, 4.69) is 32.1 Å². The molecule has 0 bridgehead atoms. The van der Waals surface area contributed by atoms with Gasteiger partial charge in [0.25, 0.3) is 5.69 Å². The lowest BCUT2D eigenvalue weighted by Gasteiger charge is -2.25. The number of nitro benzene ring substituents is 1. The standard InChI is InChI=1S/C32H31ClN6O5/c1-31(2,3)44-30(40)38-14-12-32(4,19-38)11-10-21-15-26-24(17-27(21)39(41)42)29(36-20-35-26)37-22-8-9-28(25(33)16-22)43-18-23-7-5-6-13-34-23/h5-9,13,15-17,20H,12,14,18-19H2,1-4H3,(H,35,36,37)/t32-/m0/s1. The number of benzene rings is 2. The maximum absolute atomic E-state index is 12.5. The van der Waals surface area contributed by atoms with Crippen molar-refractivity contribution in [1.82, 2.24) is 19.9 Å². The SMILES string of the molecule is CC(C)(C)OC(=O)N1CC[C@](C)(C#Cc2cc3ncnc(Nc4ccc(OCc5ccccn5)c(Cl)c4)c3cc2[N+](=O)[O-])C1. The number of amides is 1. The predicted octanol–water partition coefficient (Wildman–Crippen LogP) is 6.91. The number of anilines is 2. The third kappa shape index (κ3) is 7.33. The summed E-state index contributed by atoms with van der Waals surface area (Å²) in [5, 5.41) is 16.1. The molecule has 3 heterocycles. The van der Waals surface area contributed by atoms with Crippen LogP contribution in [0.1, 0.15) is 45.4 Å². The Morgan fingerprint density at radius 2 is 2.00 bits per heavy atom. The Morgan fingerprint density at radius 3 is 2.70 bits per heavy atom. The highest BCUT2D eigenvalue weighted by molar-refractivity contribution is 6.32. The van der Waals surface area contributed by atoms with Crippen LogP contribution >= 0.6 is 11.6 Å². The Labute approximate surface area is 259 Å². The van der Waals surface area contributed by atoms with Gasteiger partial charge in [-0.1, -0.05) is 29.5 Å². The summed E-state index contributed by atoms with van der Waals surface area (Å²) in [5.74, 6) is 7.02. The van der Waals surface area contributed by atoms with Crippen molar-refractivity contribution in [3.63, 3.8) is 0 Å². The van der Waals surface area contributed by atoms with E-state index in [1.807, 2.05) is 45.9 Å². The average Bonchev–Trinajstić information content (AvgIpc) is 3.37. The lowest BCUT2D eigenvalue weighted by molar-refractivity contribution is -0.385. The average molecular weight is 615 g/mol. The van der Waals surface area contributed by atoms with Crippen molar-refractivity contribution in [3.05, 3.63) is 87.4 Å². The monoisotopic (exact) mass is 614 g/mol. The third-order valence-corrected chi connectivity index (χ3v) is 7.17. The van der Waals surface area contributed by atoms with Gasteiger partial charge in [-0.25, -0.2) is 14.8 Å². The number of ether oxygens (including phenoxy) is 2. The number of carbonyl (C=O) groups excluding carboxylic acids is 1. The van der Waals surface area contributed by atoms with Crippen molar-refractivity contribution < 1.29 is 19.2 Å². The molecule has 0 aliphatic carbocycles. The van der Waals surface area contributed by atoms with Crippen LogP contribution < -0.4 is 10.1 Å². The first-order valence-electron chi connectivity index (χ1n) is 13.9. The second kappa shape index (κ2) is 12.3. The van der Waals surface area contributed by atoms with Crippen molar-refractivity contribution in [2.45, 2.75) is 46.3 Å². The molecule has 4 aromatic rings. The molecule has 226 valence electrons. The van der Waals surface area contributed by atoms with Crippen molar-refractivity contribution in [3.8, 4) is 17.6 Å². The van der Waals surface area contributed by atoms with Crippen molar-refractivity contribution >= 4 is 45.8 Å². The summed E-state index contributed by atoms with van der Waals surface area (Å²) in [6.45, 7) is 8.49. The van der Waals surface area contributed by atoms with Crippen LogP contribution in [0.2, 0.25) is 5.02 Å². The molecule has 1 amide bonds. The van der Waals surface area contributed by atoms with Crippen molar-refractivity contribution in [2.75, 3.05) is 18.4 Å². The quantitative estimate of drug-likeness (QED) is 0.140. The van der Waals surface area contributed by atoms with Gasteiger partial charge in [0, 0.05) is 41.8 Å². The van der Waals surface area contributed by atoms with E-state index >= 15 is 0 Å². The first-order valence-corrected chi connectivity index (χ1v) is 14.3. The van der Waals surface area contributed by atoms with Gasteiger partial charge < -0.3 is 19.7 Å². The molecule has 1 aliphatic rings. The third-order valence-electron chi connectivity index (χ3n) is 6.87. The normalized spacial score (nSPS) is 16.2. The van der Waals surface area contributed by atoms with Crippen LogP contribution in [0.15, 0.2) is 61.1 Å². The highest BCUT2D eigenvalue weighted by Crippen LogP contribution is 2.34. The Bertz CT molecular complexity index is 1780. The summed E-state index contributed by atoms with van der Waals surface area (Å²) >= 11 is 6.47. The minimum Gasteiger partial charge on any atom is -0.486 e. The van der Waals surface area contributed by atoms with Gasteiger partial charge in [0.15, 0.2) is 0 Å². The molecular formula is C32H31ClN6O5. The molecular weight excluding hydrogens is 584 g/mol. The molecule has 44 heavy (non-hydrogen) atoms. The van der Waals surface area contributed by atoms with Crippen molar-refractivity contribution in [2.24, 2.45) is 5.41 Å². The van der Waals surface area contributed by atoms with Crippen molar-refractivity contribution in [1.29, 1.82) is 0 Å². The summed E-state index contributed by atoms with van der Waals surface area (Å²) in [5.41, 5.74) is 0.745. The van der Waals surface area contributed by atoms with E-state index in [1.54, 1.807) is 35.4 Å². The summed E-state index contributed by atoms with van der Waals surface area (Å²) < 4.78 is 11.3. The minimum atomic E-state index is -0.604. The molecule has 1 N–H and O–H groups in total. The number of likely N-dealkylation sites (tertiary alicyclic amines) is 1. The Balaban J connectivity index is 1.36. The Morgan fingerprint density at radius 1 is 1.18 bits per heavy atom. The number of nitro groups is 1. The van der Waals surface area contributed by atoms with E-state index < -0.39 is 22.0 Å². The second-order valence-electron chi connectivity index (χ2n) is 11.7. The van der Waals surface area contributed by atoms with Gasteiger partial charge in [-0.3, -0.25) is 15.1 Å². The van der Waals surface area contributed by atoms with Gasteiger partial charge in [-0.05, 0) is 70.5 Å². The van der Waals surface area contributed by atoms with Crippen LogP contribution in [0.4, 0.5) is 22.0 Å². The van der Waals surface area contributed by atoms with E-state index in [9.17, 15) is 14.9 Å². The number of hydrogen-bond acceptors (Lipinski definition) is 9. The zero-order valence-corrected chi connectivity index (χ0v) is 25.5. The highest BCUT2D eigenvalue weighted by Gasteiger charge is 2.36. The summed E-state index contributed by atoms with van der Waals surface area (Å²) in [6, 6.07) is 13.7. The van der Waals surface area contributed by atoms with E-state index in [-0.39, 0.29) is 17.9 Å². The molecule has 1 atom stereocenters. The summed E-state index contributed by atoms with van der Waals surface area (Å²) in [7, 11) is 0. The van der Waals surface area contributed by atoms with Crippen LogP contribution in [-0.2, 0) is 11.3 Å². The fraction of sp³-hybridized carbons (Fsp3) is 0.312. The molecule has 2 aromatic heterocycles. The fourth-order valence-corrected chi connectivity index (χ4v) is 4.91. The number of aromatic nitrogens is 3. The molecule has 12 heteroatoms. The van der Waals surface area contributed by atoms with Gasteiger partial charge in [-0.2, -0.15) is 0 Å². The van der Waals surface area contributed by atoms with E-state index in [0.717, 1.165) is 5.69 Å². The number of halogens is 1. The number of rotatable bonds is 6. The van der Waals surface area contributed by atoms with Crippen LogP contribution in [-0.4, -0.2) is 49.6 Å². The molecule has 1 saturated heterocycles. The molecule has 0 unspecified atom stereocenters. The van der Waals surface area contributed by atoms with E-state index in [1.165, 1.54) is 12.4 Å². The molecule has 1 fully saturated rings. The summed E-state index contributed by atoms with van der Waals surface area (Å²) in [4.78, 5) is 38.7. The fourth-order valence-electron chi connectivity index (χ4n) is 4.67. The molecule has 2 aromatic carbocycles. The zero-order chi connectivity index (χ0) is 31.5. The van der Waals surface area contributed by atoms with Gasteiger partial charge in [0.2, 0.25) is 0 Å². The van der Waals surface area contributed by atoms with Crippen LogP contribution in [0, 0.1) is 27.4 Å². The first kappa shape index (κ1) is 30.5. The first-order chi connectivity index (χ1) is 20.9. The maximum Gasteiger partial charge on any atom is 0.410 e. The Hall–Kier alpha value is -4.95. The van der Waals surface area contributed by atoms with Gasteiger partial charge in [-0.15, -0.1) is 0 Å². The predicted molar refractivity (Wildman–Crippen MR) is 167 cm³/mol. The number of carbonyl (C=O) groups is 1. The smallest absolute Gasteiger partial charge is 0.410 e. The Kier molecular flexibility index (Phi) is 8.56. The zero-order valence-electron chi connectivity index (χ0n) is 24.8. The van der Waals surface area contributed by atoms with Gasteiger partial charge in [0.05, 0.1) is 21.2 Å².